The summed E-state index contributed by atoms with van der Waals surface area (Å²) in [6, 6.07) is 2.55. The van der Waals surface area contributed by atoms with Crippen LogP contribution in [0.1, 0.15) is 40.9 Å². The largest absolute Gasteiger partial charge is 0.288 e. The lowest BCUT2D eigenvalue weighted by atomic mass is 9.97. The van der Waals surface area contributed by atoms with Gasteiger partial charge in [0.25, 0.3) is 11.8 Å². The van der Waals surface area contributed by atoms with Gasteiger partial charge in [0, 0.05) is 33.9 Å². The van der Waals surface area contributed by atoms with E-state index in [0.717, 1.165) is 12.1 Å². The molecule has 0 heterocycles. The van der Waals surface area contributed by atoms with Crippen LogP contribution < -0.4 is 0 Å². The van der Waals surface area contributed by atoms with E-state index in [-0.39, 0.29) is 8.95 Å². The van der Waals surface area contributed by atoms with Gasteiger partial charge in [0.05, 0.1) is 11.1 Å². The fraction of sp³-hybridized carbons (Fsp3) is 0.235. The Morgan fingerprint density at radius 2 is 1.08 bits per heavy atom. The molecule has 9 heteroatoms. The van der Waals surface area contributed by atoms with Crippen molar-refractivity contribution in [3.63, 3.8) is 0 Å². The molecule has 140 valence electrons. The molecule has 0 unspecified atom stereocenters. The molecule has 0 aromatic heterocycles. The summed E-state index contributed by atoms with van der Waals surface area (Å²) < 4.78 is 81.5. The minimum atomic E-state index is -3.37. The van der Waals surface area contributed by atoms with Gasteiger partial charge in [-0.1, -0.05) is 31.9 Å². The molecule has 2 rings (SSSR count). The molecule has 1 nitrogen and oxygen atoms in total. The zero-order chi connectivity index (χ0) is 20.0. The Morgan fingerprint density at radius 1 is 0.769 bits per heavy atom. The van der Waals surface area contributed by atoms with Crippen LogP contribution in [0.5, 0.6) is 0 Å². The van der Waals surface area contributed by atoms with Gasteiger partial charge in [-0.15, -0.1) is 0 Å². The summed E-state index contributed by atoms with van der Waals surface area (Å²) in [6.07, 6.45) is 0. The SMILES string of the molecule is CC(F)(F)c1cc(F)c(C(=O)c2cc(Br)c(C(C)(F)F)cc2F)cc1Br. The van der Waals surface area contributed by atoms with Crippen molar-refractivity contribution in [2.75, 3.05) is 0 Å². The molecule has 2 aromatic carbocycles. The lowest BCUT2D eigenvalue weighted by Gasteiger charge is -2.16. The molecule has 0 fully saturated rings. The van der Waals surface area contributed by atoms with Gasteiger partial charge in [-0.05, 0) is 24.3 Å². The number of benzene rings is 2. The predicted octanol–water partition coefficient (Wildman–Crippen LogP) is 6.94. The molecule has 2 aromatic rings. The van der Waals surface area contributed by atoms with Crippen LogP contribution >= 0.6 is 31.9 Å². The fourth-order valence-corrected chi connectivity index (χ4v) is 3.64. The van der Waals surface area contributed by atoms with Gasteiger partial charge in [0.2, 0.25) is 0 Å². The van der Waals surface area contributed by atoms with Crippen molar-refractivity contribution in [3.8, 4) is 0 Å². The van der Waals surface area contributed by atoms with E-state index >= 15 is 0 Å². The zero-order valence-corrected chi connectivity index (χ0v) is 16.4. The number of hydrogen-bond donors (Lipinski definition) is 0. The lowest BCUT2D eigenvalue weighted by Crippen LogP contribution is -2.14. The van der Waals surface area contributed by atoms with Crippen molar-refractivity contribution < 1.29 is 31.1 Å². The van der Waals surface area contributed by atoms with E-state index in [0.29, 0.717) is 26.0 Å². The summed E-state index contributed by atoms with van der Waals surface area (Å²) in [7, 11) is 0. The standard InChI is InChI=1S/C17H10Br2F6O/c1-16(22,23)9-5-13(20)7(3-11(9)18)15(26)8-4-12(19)10(6-14(8)21)17(2,24)25/h3-6H,1-2H3. The Balaban J connectivity index is 2.57. The van der Waals surface area contributed by atoms with Crippen molar-refractivity contribution in [2.45, 2.75) is 25.7 Å². The monoisotopic (exact) mass is 502 g/mol. The summed E-state index contributed by atoms with van der Waals surface area (Å²) in [6.45, 7) is 1.10. The third-order valence-corrected chi connectivity index (χ3v) is 4.86. The van der Waals surface area contributed by atoms with Gasteiger partial charge in [0.1, 0.15) is 11.6 Å². The second kappa shape index (κ2) is 6.99. The summed E-state index contributed by atoms with van der Waals surface area (Å²) in [4.78, 5) is 12.4. The maximum Gasteiger partial charge on any atom is 0.271 e. The van der Waals surface area contributed by atoms with Crippen molar-refractivity contribution in [1.29, 1.82) is 0 Å². The van der Waals surface area contributed by atoms with E-state index < -0.39 is 51.5 Å². The Morgan fingerprint density at radius 3 is 1.35 bits per heavy atom. The molecular weight excluding hydrogens is 494 g/mol. The third kappa shape index (κ3) is 4.14. The van der Waals surface area contributed by atoms with Crippen LogP contribution in [-0.4, -0.2) is 5.78 Å². The van der Waals surface area contributed by atoms with Crippen LogP contribution in [0, 0.1) is 11.6 Å². The maximum atomic E-state index is 14.2. The highest BCUT2D eigenvalue weighted by molar-refractivity contribution is 9.10. The molecule has 26 heavy (non-hydrogen) atoms. The van der Waals surface area contributed by atoms with Crippen molar-refractivity contribution >= 4 is 37.6 Å². The van der Waals surface area contributed by atoms with E-state index in [2.05, 4.69) is 31.9 Å². The van der Waals surface area contributed by atoms with Crippen molar-refractivity contribution in [1.82, 2.24) is 0 Å². The van der Waals surface area contributed by atoms with Gasteiger partial charge in [-0.2, -0.15) is 0 Å². The molecular formula is C17H10Br2F6O. The van der Waals surface area contributed by atoms with Crippen LogP contribution in [0.15, 0.2) is 33.2 Å². The average molecular weight is 504 g/mol. The number of rotatable bonds is 4. The second-order valence-electron chi connectivity index (χ2n) is 5.73. The Kier molecular flexibility index (Phi) is 5.64. The summed E-state index contributed by atoms with van der Waals surface area (Å²) in [5.41, 5.74) is -2.72. The lowest BCUT2D eigenvalue weighted by molar-refractivity contribution is 0.0157. The average Bonchev–Trinajstić information content (AvgIpc) is 2.48. The van der Waals surface area contributed by atoms with Crippen LogP contribution in [0.2, 0.25) is 0 Å². The molecule has 0 spiro atoms. The first-order chi connectivity index (χ1) is 11.7. The smallest absolute Gasteiger partial charge is 0.271 e. The molecule has 0 N–H and O–H groups in total. The summed E-state index contributed by atoms with van der Waals surface area (Å²) in [5, 5.41) is 0. The van der Waals surface area contributed by atoms with Gasteiger partial charge >= 0.3 is 0 Å². The maximum absolute atomic E-state index is 14.2. The normalized spacial score (nSPS) is 12.4. The quantitative estimate of drug-likeness (QED) is 0.326. The number of hydrogen-bond acceptors (Lipinski definition) is 1. The topological polar surface area (TPSA) is 17.1 Å². The molecule has 0 saturated carbocycles. The van der Waals surface area contributed by atoms with Crippen LogP contribution in [0.25, 0.3) is 0 Å². The molecule has 0 radical (unpaired) electrons. The number of halogens is 8. The molecule has 0 atom stereocenters. The highest BCUT2D eigenvalue weighted by atomic mass is 79.9. The second-order valence-corrected chi connectivity index (χ2v) is 7.44. The fourth-order valence-electron chi connectivity index (χ4n) is 2.26. The molecule has 0 aliphatic heterocycles. The Labute approximate surface area is 161 Å². The molecule has 0 saturated heterocycles. The first kappa shape index (κ1) is 21.0. The van der Waals surface area contributed by atoms with Gasteiger partial charge in [0.15, 0.2) is 5.78 Å². The van der Waals surface area contributed by atoms with Crippen LogP contribution in [-0.2, 0) is 11.8 Å². The van der Waals surface area contributed by atoms with Gasteiger partial charge in [-0.25, -0.2) is 26.3 Å². The highest BCUT2D eigenvalue weighted by Gasteiger charge is 2.32. The minimum absolute atomic E-state index is 0.245. The van der Waals surface area contributed by atoms with Gasteiger partial charge in [-0.3, -0.25) is 4.79 Å². The summed E-state index contributed by atoms with van der Waals surface area (Å²) >= 11 is 5.66. The first-order valence-corrected chi connectivity index (χ1v) is 8.61. The van der Waals surface area contributed by atoms with E-state index in [1.807, 2.05) is 0 Å². The van der Waals surface area contributed by atoms with Crippen LogP contribution in [0.3, 0.4) is 0 Å². The van der Waals surface area contributed by atoms with E-state index in [1.165, 1.54) is 0 Å². The number of carbonyl (C=O) groups is 1. The third-order valence-electron chi connectivity index (χ3n) is 3.55. The molecule has 0 aliphatic carbocycles. The van der Waals surface area contributed by atoms with Crippen molar-refractivity contribution in [3.05, 3.63) is 67.1 Å². The Hall–Kier alpha value is -1.35. The minimum Gasteiger partial charge on any atom is -0.288 e. The molecule has 0 amide bonds. The zero-order valence-electron chi connectivity index (χ0n) is 13.2. The number of alkyl halides is 4. The van der Waals surface area contributed by atoms with E-state index in [9.17, 15) is 31.1 Å². The van der Waals surface area contributed by atoms with E-state index in [4.69, 9.17) is 0 Å². The predicted molar refractivity (Wildman–Crippen MR) is 90.8 cm³/mol. The number of ketones is 1. The first-order valence-electron chi connectivity index (χ1n) is 7.03. The molecule has 0 aliphatic rings. The highest BCUT2D eigenvalue weighted by Crippen LogP contribution is 2.37. The molecule has 0 bridgehead atoms. The van der Waals surface area contributed by atoms with Gasteiger partial charge < -0.3 is 0 Å². The summed E-state index contributed by atoms with van der Waals surface area (Å²) in [5.74, 6) is -10.5. The number of carbonyl (C=O) groups excluding carboxylic acids is 1. The van der Waals surface area contributed by atoms with Crippen LogP contribution in [0.4, 0.5) is 26.3 Å². The Bertz CT molecular complexity index is 813. The van der Waals surface area contributed by atoms with Crippen molar-refractivity contribution in [2.24, 2.45) is 0 Å². The van der Waals surface area contributed by atoms with E-state index in [1.54, 1.807) is 0 Å².